The minimum Gasteiger partial charge on any atom is -0.323 e. The molecule has 0 unspecified atom stereocenters. The highest BCUT2D eigenvalue weighted by molar-refractivity contribution is 7.99. The van der Waals surface area contributed by atoms with Gasteiger partial charge >= 0.3 is 0 Å². The molecule has 0 atom stereocenters. The van der Waals surface area contributed by atoms with E-state index in [1.807, 2.05) is 16.7 Å². The number of nitrogens with one attached hydrogen (secondary N) is 1. The zero-order valence-corrected chi connectivity index (χ0v) is 15.2. The van der Waals surface area contributed by atoms with Gasteiger partial charge in [0.1, 0.15) is 0 Å². The summed E-state index contributed by atoms with van der Waals surface area (Å²) in [7, 11) is 0. The van der Waals surface area contributed by atoms with Crippen LogP contribution in [0.1, 0.15) is 18.9 Å². The molecule has 2 aromatic heterocycles. The fourth-order valence-corrected chi connectivity index (χ4v) is 3.48. The summed E-state index contributed by atoms with van der Waals surface area (Å²) in [4.78, 5) is 16.1. The van der Waals surface area contributed by atoms with Gasteiger partial charge in [0.25, 0.3) is 0 Å². The van der Waals surface area contributed by atoms with Crippen molar-refractivity contribution in [1.29, 1.82) is 0 Å². The van der Waals surface area contributed by atoms with E-state index in [0.717, 1.165) is 42.3 Å². The Hall–Kier alpha value is -2.88. The van der Waals surface area contributed by atoms with E-state index >= 15 is 0 Å². The predicted molar refractivity (Wildman–Crippen MR) is 97.2 cm³/mol. The van der Waals surface area contributed by atoms with E-state index in [4.69, 9.17) is 0 Å². The lowest BCUT2D eigenvalue weighted by molar-refractivity contribution is -0.113. The van der Waals surface area contributed by atoms with E-state index in [9.17, 15) is 18.0 Å². The maximum absolute atomic E-state index is 13.7. The molecule has 0 spiro atoms. The topological polar surface area (TPSA) is 72.7 Å². The Kier molecular flexibility index (Phi) is 5.03. The highest BCUT2D eigenvalue weighted by atomic mass is 32.2. The highest BCUT2D eigenvalue weighted by Crippen LogP contribution is 2.41. The van der Waals surface area contributed by atoms with Crippen LogP contribution in [0.25, 0.3) is 11.4 Å². The molecule has 1 saturated carbocycles. The monoisotopic (exact) mass is 405 g/mol. The lowest BCUT2D eigenvalue weighted by Crippen LogP contribution is -2.16. The third-order valence-electron chi connectivity index (χ3n) is 4.16. The van der Waals surface area contributed by atoms with Crippen LogP contribution in [0.15, 0.2) is 41.8 Å². The SMILES string of the molecule is O=C(CSc1nnc(-c2ccncc2)n1C1CC1)Nc1ccc(F)c(F)c1F. The summed E-state index contributed by atoms with van der Waals surface area (Å²) in [5.41, 5.74) is 0.459. The molecule has 1 aliphatic carbocycles. The second-order valence-electron chi connectivity index (χ2n) is 6.20. The van der Waals surface area contributed by atoms with Gasteiger partial charge in [-0.05, 0) is 37.1 Å². The third-order valence-corrected chi connectivity index (χ3v) is 5.10. The number of pyridine rings is 1. The fourth-order valence-electron chi connectivity index (χ4n) is 2.67. The second kappa shape index (κ2) is 7.63. The number of rotatable bonds is 6. The average Bonchev–Trinajstić information content (AvgIpc) is 3.46. The molecule has 0 radical (unpaired) electrons. The number of thioether (sulfide) groups is 1. The van der Waals surface area contributed by atoms with E-state index in [0.29, 0.717) is 11.0 Å². The van der Waals surface area contributed by atoms with Crippen molar-refractivity contribution in [3.8, 4) is 11.4 Å². The van der Waals surface area contributed by atoms with Crippen molar-refractivity contribution in [3.63, 3.8) is 0 Å². The van der Waals surface area contributed by atoms with Gasteiger partial charge < -0.3 is 5.32 Å². The quantitative estimate of drug-likeness (QED) is 0.499. The maximum atomic E-state index is 13.7. The normalized spacial score (nSPS) is 13.5. The molecular formula is C18H14F3N5OS. The number of aromatic nitrogens is 4. The first-order valence-corrected chi connectivity index (χ1v) is 9.44. The zero-order valence-electron chi connectivity index (χ0n) is 14.4. The van der Waals surface area contributed by atoms with Crippen molar-refractivity contribution in [2.75, 3.05) is 11.1 Å². The Morgan fingerprint density at radius 3 is 2.57 bits per heavy atom. The molecule has 0 aliphatic heterocycles. The van der Waals surface area contributed by atoms with Gasteiger partial charge in [0.05, 0.1) is 11.4 Å². The first kappa shape index (κ1) is 18.5. The van der Waals surface area contributed by atoms with Crippen molar-refractivity contribution >= 4 is 23.4 Å². The number of carbonyl (C=O) groups excluding carboxylic acids is 1. The second-order valence-corrected chi connectivity index (χ2v) is 7.15. The van der Waals surface area contributed by atoms with Gasteiger partial charge in [-0.3, -0.25) is 14.3 Å². The minimum atomic E-state index is -1.62. The van der Waals surface area contributed by atoms with Gasteiger partial charge in [0.15, 0.2) is 28.4 Å². The van der Waals surface area contributed by atoms with Crippen LogP contribution in [-0.2, 0) is 4.79 Å². The molecule has 0 saturated heterocycles. The van der Waals surface area contributed by atoms with Crippen molar-refractivity contribution < 1.29 is 18.0 Å². The number of hydrogen-bond acceptors (Lipinski definition) is 5. The van der Waals surface area contributed by atoms with Gasteiger partial charge in [-0.1, -0.05) is 11.8 Å². The lowest BCUT2D eigenvalue weighted by Gasteiger charge is -2.09. The van der Waals surface area contributed by atoms with Crippen molar-refractivity contribution in [1.82, 2.24) is 19.7 Å². The van der Waals surface area contributed by atoms with Crippen LogP contribution in [0, 0.1) is 17.5 Å². The molecule has 28 heavy (non-hydrogen) atoms. The van der Waals surface area contributed by atoms with E-state index in [2.05, 4.69) is 20.5 Å². The molecule has 0 bridgehead atoms. The molecular weight excluding hydrogens is 391 g/mol. The summed E-state index contributed by atoms with van der Waals surface area (Å²) in [5, 5.41) is 11.2. The summed E-state index contributed by atoms with van der Waals surface area (Å²) in [6.07, 6.45) is 5.32. The number of carbonyl (C=O) groups is 1. The number of benzene rings is 1. The van der Waals surface area contributed by atoms with Gasteiger partial charge in [0, 0.05) is 24.0 Å². The number of anilines is 1. The fraction of sp³-hybridized carbons (Fsp3) is 0.222. The van der Waals surface area contributed by atoms with Crippen LogP contribution in [0.5, 0.6) is 0 Å². The predicted octanol–water partition coefficient (Wildman–Crippen LogP) is 3.82. The smallest absolute Gasteiger partial charge is 0.234 e. The van der Waals surface area contributed by atoms with Gasteiger partial charge in [-0.2, -0.15) is 0 Å². The molecule has 1 N–H and O–H groups in total. The first-order chi connectivity index (χ1) is 13.5. The largest absolute Gasteiger partial charge is 0.323 e. The zero-order chi connectivity index (χ0) is 19.7. The lowest BCUT2D eigenvalue weighted by atomic mass is 10.2. The van der Waals surface area contributed by atoms with Crippen LogP contribution < -0.4 is 5.32 Å². The summed E-state index contributed by atoms with van der Waals surface area (Å²) < 4.78 is 41.9. The maximum Gasteiger partial charge on any atom is 0.234 e. The molecule has 1 amide bonds. The average molecular weight is 405 g/mol. The van der Waals surface area contributed by atoms with Gasteiger partial charge in [0.2, 0.25) is 5.91 Å². The number of halogens is 3. The van der Waals surface area contributed by atoms with Gasteiger partial charge in [-0.15, -0.1) is 10.2 Å². The molecule has 1 fully saturated rings. The van der Waals surface area contributed by atoms with Crippen molar-refractivity contribution in [2.45, 2.75) is 24.0 Å². The Bertz CT molecular complexity index is 1020. The van der Waals surface area contributed by atoms with E-state index in [1.54, 1.807) is 12.4 Å². The summed E-state index contributed by atoms with van der Waals surface area (Å²) in [6, 6.07) is 5.66. The molecule has 1 aliphatic rings. The summed E-state index contributed by atoms with van der Waals surface area (Å²) >= 11 is 1.14. The van der Waals surface area contributed by atoms with Gasteiger partial charge in [-0.25, -0.2) is 13.2 Å². The number of hydrogen-bond donors (Lipinski definition) is 1. The molecule has 6 nitrogen and oxygen atoms in total. The molecule has 2 heterocycles. The number of nitrogens with zero attached hydrogens (tertiary/aromatic N) is 4. The Morgan fingerprint density at radius 1 is 1.11 bits per heavy atom. The number of amides is 1. The highest BCUT2D eigenvalue weighted by Gasteiger charge is 2.30. The Morgan fingerprint density at radius 2 is 1.86 bits per heavy atom. The standard InChI is InChI=1S/C18H14F3N5OS/c19-12-3-4-13(16(21)15(12)20)23-14(27)9-28-18-25-24-17(26(18)11-1-2-11)10-5-7-22-8-6-10/h3-8,11H,1-2,9H2,(H,23,27). The van der Waals surface area contributed by atoms with Crippen LogP contribution in [0.2, 0.25) is 0 Å². The summed E-state index contributed by atoms with van der Waals surface area (Å²) in [5.74, 6) is -4.32. The molecule has 10 heteroatoms. The van der Waals surface area contributed by atoms with Crippen LogP contribution in [-0.4, -0.2) is 31.4 Å². The van der Waals surface area contributed by atoms with Crippen molar-refractivity contribution in [3.05, 3.63) is 54.1 Å². The summed E-state index contributed by atoms with van der Waals surface area (Å²) in [6.45, 7) is 0. The van der Waals surface area contributed by atoms with E-state index < -0.39 is 29.0 Å². The Labute approximate surface area is 162 Å². The first-order valence-electron chi connectivity index (χ1n) is 8.46. The molecule has 3 aromatic rings. The Balaban J connectivity index is 1.47. The minimum absolute atomic E-state index is 0.0837. The third kappa shape index (κ3) is 3.72. The van der Waals surface area contributed by atoms with E-state index in [-0.39, 0.29) is 11.8 Å². The molecule has 4 rings (SSSR count). The van der Waals surface area contributed by atoms with E-state index in [1.165, 1.54) is 0 Å². The molecule has 1 aromatic carbocycles. The molecule has 144 valence electrons. The van der Waals surface area contributed by atoms with Crippen LogP contribution in [0.4, 0.5) is 18.9 Å². The van der Waals surface area contributed by atoms with Crippen LogP contribution in [0.3, 0.4) is 0 Å². The van der Waals surface area contributed by atoms with Crippen LogP contribution >= 0.6 is 11.8 Å². The van der Waals surface area contributed by atoms with Crippen molar-refractivity contribution in [2.24, 2.45) is 0 Å².